The minimum absolute atomic E-state index is 0.0137. The van der Waals surface area contributed by atoms with Crippen LogP contribution in [0.25, 0.3) is 10.8 Å². The first-order valence-corrected chi connectivity index (χ1v) is 8.81. The third kappa shape index (κ3) is 4.61. The van der Waals surface area contributed by atoms with Crippen LogP contribution >= 0.6 is 0 Å². The van der Waals surface area contributed by atoms with E-state index < -0.39 is 11.8 Å². The molecule has 3 N–H and O–H groups in total. The Morgan fingerprint density at radius 2 is 2.12 bits per heavy atom. The van der Waals surface area contributed by atoms with E-state index in [1.54, 1.807) is 25.1 Å². The summed E-state index contributed by atoms with van der Waals surface area (Å²) in [7, 11) is 0. The Labute approximate surface area is 154 Å². The summed E-state index contributed by atoms with van der Waals surface area (Å²) in [5.74, 6) is 0.430. The summed E-state index contributed by atoms with van der Waals surface area (Å²) in [5.41, 5.74) is 4.44. The molecule has 2 aromatic rings. The van der Waals surface area contributed by atoms with E-state index in [4.69, 9.17) is 10.5 Å². The molecule has 3 atom stereocenters. The Morgan fingerprint density at radius 3 is 2.77 bits per heavy atom. The van der Waals surface area contributed by atoms with Crippen LogP contribution in [-0.4, -0.2) is 30.3 Å². The highest BCUT2D eigenvalue weighted by Crippen LogP contribution is 2.30. The average Bonchev–Trinajstić information content (AvgIpc) is 2.61. The smallest absolute Gasteiger partial charge is 0.251 e. The van der Waals surface area contributed by atoms with Crippen LogP contribution in [0, 0.1) is 0 Å². The van der Waals surface area contributed by atoms with E-state index in [1.807, 2.05) is 25.1 Å². The van der Waals surface area contributed by atoms with Crippen LogP contribution in [0.4, 0.5) is 4.39 Å². The quantitative estimate of drug-likeness (QED) is 0.701. The molecule has 0 aliphatic heterocycles. The normalized spacial score (nSPS) is 15.7. The standard InChI is InChI=1S/C21H27FN2O2/c1-5-21(4,22)15(3)26-19-8-6-7-16-13-17(9-10-18(16)19)20(25)24-14(2)11-12-23/h5-10,13-15H,1,11-12,23H2,2-4H3,(H,24,25)/t14-,15-,21?/m0/s1. The van der Waals surface area contributed by atoms with Crippen LogP contribution in [0.1, 0.15) is 37.6 Å². The van der Waals surface area contributed by atoms with E-state index >= 15 is 0 Å². The average molecular weight is 358 g/mol. The van der Waals surface area contributed by atoms with Gasteiger partial charge in [-0.2, -0.15) is 0 Å². The second kappa shape index (κ2) is 8.32. The molecule has 0 radical (unpaired) electrons. The minimum atomic E-state index is -1.64. The zero-order valence-electron chi connectivity index (χ0n) is 15.6. The molecule has 0 saturated heterocycles. The van der Waals surface area contributed by atoms with Gasteiger partial charge in [0.05, 0.1) is 0 Å². The van der Waals surface area contributed by atoms with Gasteiger partial charge in [-0.25, -0.2) is 4.39 Å². The van der Waals surface area contributed by atoms with Gasteiger partial charge in [0, 0.05) is 17.0 Å². The first kappa shape index (κ1) is 19.9. The molecule has 0 fully saturated rings. The maximum atomic E-state index is 14.3. The molecule has 0 aliphatic carbocycles. The highest BCUT2D eigenvalue weighted by molar-refractivity contribution is 6.00. The molecular formula is C21H27FN2O2. The predicted molar refractivity (Wildman–Crippen MR) is 104 cm³/mol. The number of carbonyl (C=O) groups is 1. The zero-order valence-corrected chi connectivity index (χ0v) is 15.6. The number of hydrogen-bond donors (Lipinski definition) is 2. The Balaban J connectivity index is 2.26. The van der Waals surface area contributed by atoms with E-state index in [2.05, 4.69) is 11.9 Å². The van der Waals surface area contributed by atoms with E-state index in [0.29, 0.717) is 17.9 Å². The maximum absolute atomic E-state index is 14.3. The number of rotatable bonds is 8. The van der Waals surface area contributed by atoms with Crippen LogP contribution in [0.15, 0.2) is 49.1 Å². The second-order valence-corrected chi connectivity index (χ2v) is 6.76. The Morgan fingerprint density at radius 1 is 1.38 bits per heavy atom. The van der Waals surface area contributed by atoms with E-state index in [9.17, 15) is 9.18 Å². The fourth-order valence-electron chi connectivity index (χ4n) is 2.60. The maximum Gasteiger partial charge on any atom is 0.251 e. The van der Waals surface area contributed by atoms with Crippen LogP contribution in [0.2, 0.25) is 0 Å². The third-order valence-corrected chi connectivity index (χ3v) is 4.58. The van der Waals surface area contributed by atoms with E-state index in [1.165, 1.54) is 13.0 Å². The van der Waals surface area contributed by atoms with Crippen molar-refractivity contribution >= 4 is 16.7 Å². The number of fused-ring (bicyclic) bond motifs is 1. The van der Waals surface area contributed by atoms with Crippen LogP contribution in [-0.2, 0) is 0 Å². The van der Waals surface area contributed by atoms with Gasteiger partial charge in [0.25, 0.3) is 5.91 Å². The molecule has 0 saturated carbocycles. The molecule has 5 heteroatoms. The summed E-state index contributed by atoms with van der Waals surface area (Å²) in [6, 6.07) is 10.9. The summed E-state index contributed by atoms with van der Waals surface area (Å²) in [6.07, 6.45) is 1.28. The molecule has 1 unspecified atom stereocenters. The van der Waals surface area contributed by atoms with Crippen molar-refractivity contribution in [1.29, 1.82) is 0 Å². The number of ether oxygens (including phenoxy) is 1. The molecule has 0 aliphatic rings. The molecule has 2 aromatic carbocycles. The van der Waals surface area contributed by atoms with Crippen LogP contribution in [0.3, 0.4) is 0 Å². The Bertz CT molecular complexity index is 789. The Kier molecular flexibility index (Phi) is 6.37. The second-order valence-electron chi connectivity index (χ2n) is 6.76. The molecular weight excluding hydrogens is 331 g/mol. The fraction of sp³-hybridized carbons (Fsp3) is 0.381. The number of hydrogen-bond acceptors (Lipinski definition) is 3. The monoisotopic (exact) mass is 358 g/mol. The third-order valence-electron chi connectivity index (χ3n) is 4.58. The van der Waals surface area contributed by atoms with Gasteiger partial charge in [-0.05, 0) is 63.4 Å². The lowest BCUT2D eigenvalue weighted by molar-refractivity contribution is 0.0728. The summed E-state index contributed by atoms with van der Waals surface area (Å²) in [6.45, 7) is 9.06. The lowest BCUT2D eigenvalue weighted by Crippen LogP contribution is -2.34. The van der Waals surface area contributed by atoms with Gasteiger partial charge in [0.2, 0.25) is 0 Å². The van der Waals surface area contributed by atoms with Gasteiger partial charge in [-0.3, -0.25) is 4.79 Å². The molecule has 1 amide bonds. The Hall–Kier alpha value is -2.40. The minimum Gasteiger partial charge on any atom is -0.486 e. The summed E-state index contributed by atoms with van der Waals surface area (Å²) < 4.78 is 20.2. The number of carbonyl (C=O) groups excluding carboxylic acids is 1. The molecule has 0 heterocycles. The number of alkyl halides is 1. The number of amides is 1. The molecule has 0 aromatic heterocycles. The largest absolute Gasteiger partial charge is 0.486 e. The molecule has 140 valence electrons. The van der Waals surface area contributed by atoms with Crippen molar-refractivity contribution in [1.82, 2.24) is 5.32 Å². The van der Waals surface area contributed by atoms with Crippen molar-refractivity contribution in [3.63, 3.8) is 0 Å². The van der Waals surface area contributed by atoms with E-state index in [-0.39, 0.29) is 11.9 Å². The summed E-state index contributed by atoms with van der Waals surface area (Å²) in [4.78, 5) is 12.4. The van der Waals surface area contributed by atoms with Crippen molar-refractivity contribution in [2.75, 3.05) is 6.54 Å². The van der Waals surface area contributed by atoms with Gasteiger partial charge < -0.3 is 15.8 Å². The molecule has 0 bridgehead atoms. The topological polar surface area (TPSA) is 64.3 Å². The first-order chi connectivity index (χ1) is 12.3. The van der Waals surface area contributed by atoms with Gasteiger partial charge >= 0.3 is 0 Å². The number of nitrogens with two attached hydrogens (primary N) is 1. The van der Waals surface area contributed by atoms with Gasteiger partial charge in [0.1, 0.15) is 11.9 Å². The summed E-state index contributed by atoms with van der Waals surface area (Å²) >= 11 is 0. The molecule has 0 spiro atoms. The highest BCUT2D eigenvalue weighted by atomic mass is 19.1. The zero-order chi connectivity index (χ0) is 19.3. The van der Waals surface area contributed by atoms with Crippen LogP contribution in [0.5, 0.6) is 5.75 Å². The lowest BCUT2D eigenvalue weighted by atomic mass is 10.0. The van der Waals surface area contributed by atoms with E-state index in [0.717, 1.165) is 17.2 Å². The summed E-state index contributed by atoms with van der Waals surface area (Å²) in [5, 5.41) is 4.60. The van der Waals surface area contributed by atoms with Crippen LogP contribution < -0.4 is 15.8 Å². The van der Waals surface area contributed by atoms with Crippen molar-refractivity contribution in [2.45, 2.75) is 45.0 Å². The molecule has 2 rings (SSSR count). The predicted octanol–water partition coefficient (Wildman–Crippen LogP) is 3.99. The van der Waals surface area contributed by atoms with Gasteiger partial charge in [0.15, 0.2) is 5.67 Å². The van der Waals surface area contributed by atoms with Gasteiger partial charge in [-0.15, -0.1) is 0 Å². The van der Waals surface area contributed by atoms with Gasteiger partial charge in [-0.1, -0.05) is 24.8 Å². The molecule has 4 nitrogen and oxygen atoms in total. The SMILES string of the molecule is C=CC(C)(F)[C@H](C)Oc1cccc2cc(C(=O)N[C@@H](C)CCN)ccc12. The highest BCUT2D eigenvalue weighted by Gasteiger charge is 2.29. The fourth-order valence-corrected chi connectivity index (χ4v) is 2.60. The van der Waals surface area contributed by atoms with Crippen molar-refractivity contribution in [3.8, 4) is 5.75 Å². The first-order valence-electron chi connectivity index (χ1n) is 8.81. The number of nitrogens with one attached hydrogen (secondary N) is 1. The number of halogens is 1. The van der Waals surface area contributed by atoms with Crippen molar-refractivity contribution in [2.24, 2.45) is 5.73 Å². The van der Waals surface area contributed by atoms with Crippen molar-refractivity contribution in [3.05, 3.63) is 54.6 Å². The number of benzene rings is 2. The lowest BCUT2D eigenvalue weighted by Gasteiger charge is -2.25. The van der Waals surface area contributed by atoms with Crippen molar-refractivity contribution < 1.29 is 13.9 Å². The molecule has 26 heavy (non-hydrogen) atoms.